The van der Waals surface area contributed by atoms with Crippen LogP contribution in [0.2, 0.25) is 0 Å². The van der Waals surface area contributed by atoms with Gasteiger partial charge in [0.05, 0.1) is 6.07 Å². The highest BCUT2D eigenvalue weighted by Gasteiger charge is 2.31. The topological polar surface area (TPSA) is 9.23 Å². The van der Waals surface area contributed by atoms with Gasteiger partial charge in [0.25, 0.3) is 0 Å². The Kier molecular flexibility index (Phi) is 2.40. The van der Waals surface area contributed by atoms with Crippen LogP contribution in [0.4, 0.5) is 22.0 Å². The van der Waals surface area contributed by atoms with E-state index in [4.69, 9.17) is 0 Å². The van der Waals surface area contributed by atoms with Crippen LogP contribution in [0.1, 0.15) is 0 Å². The maximum atomic E-state index is 12.3. The van der Waals surface area contributed by atoms with Gasteiger partial charge in [0.15, 0.2) is 0 Å². The highest BCUT2D eigenvalue weighted by atomic mass is 19.4. The van der Waals surface area contributed by atoms with Crippen molar-refractivity contribution >= 4 is 0 Å². The molecule has 0 aromatic heterocycles. The van der Waals surface area contributed by atoms with Crippen LogP contribution in [0.5, 0.6) is 5.75 Å². The Labute approximate surface area is 69.7 Å². The van der Waals surface area contributed by atoms with Crippen molar-refractivity contribution in [3.63, 3.8) is 0 Å². The molecule has 0 N–H and O–H groups in total. The van der Waals surface area contributed by atoms with Crippen LogP contribution in [0.25, 0.3) is 0 Å². The van der Waals surface area contributed by atoms with E-state index in [2.05, 4.69) is 4.74 Å². The van der Waals surface area contributed by atoms with Gasteiger partial charge in [-0.25, -0.2) is 8.78 Å². The van der Waals surface area contributed by atoms with E-state index in [-0.39, 0.29) is 0 Å². The SMILES string of the molecule is Fc1[c]c(OC(F)(F)F)cc(F)c1. The molecule has 0 saturated heterocycles. The number of hydrogen-bond acceptors (Lipinski definition) is 1. The molecule has 1 radical (unpaired) electrons. The van der Waals surface area contributed by atoms with Gasteiger partial charge in [-0.15, -0.1) is 13.2 Å². The van der Waals surface area contributed by atoms with E-state index in [1.807, 2.05) is 0 Å². The highest BCUT2D eigenvalue weighted by molar-refractivity contribution is 5.22. The minimum atomic E-state index is -4.98. The third-order valence-corrected chi connectivity index (χ3v) is 1.00. The zero-order valence-corrected chi connectivity index (χ0v) is 5.95. The molecule has 0 aliphatic heterocycles. The maximum absolute atomic E-state index is 12.3. The second kappa shape index (κ2) is 3.20. The number of hydrogen-bond donors (Lipinski definition) is 0. The monoisotopic (exact) mass is 197 g/mol. The predicted octanol–water partition coefficient (Wildman–Crippen LogP) is 2.66. The van der Waals surface area contributed by atoms with Crippen molar-refractivity contribution in [2.75, 3.05) is 0 Å². The Morgan fingerprint density at radius 3 is 2.23 bits per heavy atom. The number of rotatable bonds is 1. The molecule has 0 unspecified atom stereocenters. The molecule has 1 aromatic carbocycles. The smallest absolute Gasteiger partial charge is 0.405 e. The van der Waals surface area contributed by atoms with Crippen molar-refractivity contribution in [1.82, 2.24) is 0 Å². The second-order valence-electron chi connectivity index (χ2n) is 2.06. The summed E-state index contributed by atoms with van der Waals surface area (Å²) in [6.45, 7) is 0. The van der Waals surface area contributed by atoms with Crippen molar-refractivity contribution in [3.8, 4) is 5.75 Å². The lowest BCUT2D eigenvalue weighted by atomic mass is 10.3. The van der Waals surface area contributed by atoms with Crippen molar-refractivity contribution in [3.05, 3.63) is 29.8 Å². The number of ether oxygens (including phenoxy) is 1. The van der Waals surface area contributed by atoms with E-state index in [9.17, 15) is 22.0 Å². The van der Waals surface area contributed by atoms with E-state index in [1.165, 1.54) is 0 Å². The van der Waals surface area contributed by atoms with Crippen molar-refractivity contribution < 1.29 is 26.7 Å². The molecule has 0 amide bonds. The number of benzene rings is 1. The Bertz CT molecular complexity index is 286. The zero-order chi connectivity index (χ0) is 10.1. The van der Waals surface area contributed by atoms with Gasteiger partial charge in [0, 0.05) is 12.1 Å². The third-order valence-electron chi connectivity index (χ3n) is 1.00. The molecule has 0 spiro atoms. The van der Waals surface area contributed by atoms with Gasteiger partial charge in [-0.3, -0.25) is 0 Å². The Morgan fingerprint density at radius 2 is 1.77 bits per heavy atom. The van der Waals surface area contributed by atoms with Gasteiger partial charge in [0.1, 0.15) is 17.4 Å². The first kappa shape index (κ1) is 9.76. The molecular weight excluding hydrogens is 195 g/mol. The summed E-state index contributed by atoms with van der Waals surface area (Å²) in [4.78, 5) is 0. The fraction of sp³-hybridized carbons (Fsp3) is 0.143. The molecular formula is C7H2F5O. The summed E-state index contributed by atoms with van der Waals surface area (Å²) < 4.78 is 62.3. The van der Waals surface area contributed by atoms with Crippen LogP contribution in [0.15, 0.2) is 12.1 Å². The quantitative estimate of drug-likeness (QED) is 0.629. The summed E-state index contributed by atoms with van der Waals surface area (Å²) >= 11 is 0. The summed E-state index contributed by atoms with van der Waals surface area (Å²) in [5, 5.41) is 0. The summed E-state index contributed by atoms with van der Waals surface area (Å²) in [6, 6.07) is 2.33. The molecule has 0 atom stereocenters. The summed E-state index contributed by atoms with van der Waals surface area (Å²) in [5.41, 5.74) is 0. The van der Waals surface area contributed by atoms with Gasteiger partial charge >= 0.3 is 6.36 Å². The number of alkyl halides is 3. The average Bonchev–Trinajstić information content (AvgIpc) is 1.78. The molecule has 0 heterocycles. The summed E-state index contributed by atoms with van der Waals surface area (Å²) in [5.74, 6) is -3.44. The van der Waals surface area contributed by atoms with Crippen molar-refractivity contribution in [2.45, 2.75) is 6.36 Å². The van der Waals surface area contributed by atoms with Gasteiger partial charge < -0.3 is 4.74 Å². The third kappa shape index (κ3) is 3.27. The Morgan fingerprint density at radius 1 is 1.15 bits per heavy atom. The Balaban J connectivity index is 2.90. The van der Waals surface area contributed by atoms with Gasteiger partial charge in [0.2, 0.25) is 0 Å². The first-order valence-corrected chi connectivity index (χ1v) is 3.01. The minimum absolute atomic E-state index is 0.385. The van der Waals surface area contributed by atoms with Gasteiger partial charge in [-0.1, -0.05) is 0 Å². The largest absolute Gasteiger partial charge is 0.573 e. The van der Waals surface area contributed by atoms with Gasteiger partial charge in [-0.2, -0.15) is 0 Å². The lowest BCUT2D eigenvalue weighted by Gasteiger charge is -2.07. The fourth-order valence-corrected chi connectivity index (χ4v) is 0.657. The molecule has 1 aromatic rings. The Hall–Kier alpha value is -1.33. The predicted molar refractivity (Wildman–Crippen MR) is 31.9 cm³/mol. The summed E-state index contributed by atoms with van der Waals surface area (Å²) in [6.07, 6.45) is -4.98. The molecule has 6 heteroatoms. The average molecular weight is 197 g/mol. The van der Waals surface area contributed by atoms with E-state index in [0.29, 0.717) is 12.1 Å². The maximum Gasteiger partial charge on any atom is 0.573 e. The molecule has 0 bridgehead atoms. The normalized spacial score (nSPS) is 11.5. The van der Waals surface area contributed by atoms with Crippen LogP contribution in [-0.2, 0) is 0 Å². The second-order valence-corrected chi connectivity index (χ2v) is 2.06. The molecule has 0 fully saturated rings. The van der Waals surface area contributed by atoms with E-state index < -0.39 is 23.7 Å². The first-order valence-electron chi connectivity index (χ1n) is 3.01. The van der Waals surface area contributed by atoms with Crippen LogP contribution in [0.3, 0.4) is 0 Å². The zero-order valence-electron chi connectivity index (χ0n) is 5.95. The fourth-order valence-electron chi connectivity index (χ4n) is 0.657. The molecule has 1 rings (SSSR count). The van der Waals surface area contributed by atoms with Crippen LogP contribution in [-0.4, -0.2) is 6.36 Å². The molecule has 0 saturated carbocycles. The van der Waals surface area contributed by atoms with Crippen molar-refractivity contribution in [2.24, 2.45) is 0 Å². The first-order chi connectivity index (χ1) is 5.87. The summed E-state index contributed by atoms with van der Waals surface area (Å²) in [7, 11) is 0. The van der Waals surface area contributed by atoms with Gasteiger partial charge in [-0.05, 0) is 0 Å². The lowest BCUT2D eigenvalue weighted by Crippen LogP contribution is -2.17. The minimum Gasteiger partial charge on any atom is -0.405 e. The molecule has 13 heavy (non-hydrogen) atoms. The van der Waals surface area contributed by atoms with Crippen LogP contribution in [0, 0.1) is 17.7 Å². The standard InChI is InChI=1S/C7H2F5O/c8-4-1-5(9)3-6(2-4)13-7(10,11)12/h1-2H. The molecule has 0 aliphatic carbocycles. The van der Waals surface area contributed by atoms with E-state index >= 15 is 0 Å². The van der Waals surface area contributed by atoms with Crippen LogP contribution < -0.4 is 4.74 Å². The molecule has 0 aliphatic rings. The lowest BCUT2D eigenvalue weighted by molar-refractivity contribution is -0.274. The number of halogens is 5. The van der Waals surface area contributed by atoms with E-state index in [0.717, 1.165) is 0 Å². The molecule has 71 valence electrons. The van der Waals surface area contributed by atoms with Crippen molar-refractivity contribution in [1.29, 1.82) is 0 Å². The van der Waals surface area contributed by atoms with E-state index in [1.54, 1.807) is 6.07 Å². The van der Waals surface area contributed by atoms with Crippen LogP contribution >= 0.6 is 0 Å². The molecule has 1 nitrogen and oxygen atoms in total. The highest BCUT2D eigenvalue weighted by Crippen LogP contribution is 2.23.